The van der Waals surface area contributed by atoms with Crippen LogP contribution in [0.15, 0.2) is 77.8 Å². The molecule has 0 N–H and O–H groups in total. The van der Waals surface area contributed by atoms with E-state index in [1.54, 1.807) is 24.1 Å². The molecule has 0 aliphatic carbocycles. The lowest BCUT2D eigenvalue weighted by Gasteiger charge is -2.19. The van der Waals surface area contributed by atoms with Gasteiger partial charge in [0.05, 0.1) is 11.4 Å². The van der Waals surface area contributed by atoms with Gasteiger partial charge in [0, 0.05) is 23.7 Å². The van der Waals surface area contributed by atoms with Crippen molar-refractivity contribution < 1.29 is 9.59 Å². The third-order valence-corrected chi connectivity index (χ3v) is 4.76. The fourth-order valence-electron chi connectivity index (χ4n) is 3.31. The normalized spacial score (nSPS) is 13.6. The molecular weight excluding hydrogens is 336 g/mol. The molecule has 0 atom stereocenters. The Labute approximate surface area is 157 Å². The Hall–Kier alpha value is -3.53. The van der Waals surface area contributed by atoms with Crippen LogP contribution >= 0.6 is 0 Å². The number of amides is 1. The van der Waals surface area contributed by atoms with Crippen LogP contribution < -0.4 is 4.90 Å². The van der Waals surface area contributed by atoms with Crippen molar-refractivity contribution in [2.45, 2.75) is 0 Å². The zero-order valence-corrected chi connectivity index (χ0v) is 14.9. The molecular formula is C23H18N2O2. The monoisotopic (exact) mass is 354 g/mol. The van der Waals surface area contributed by atoms with Crippen molar-refractivity contribution >= 4 is 23.6 Å². The number of benzene rings is 3. The lowest BCUT2D eigenvalue weighted by atomic mass is 9.95. The molecule has 0 unspecified atom stereocenters. The lowest BCUT2D eigenvalue weighted by Crippen LogP contribution is -2.27. The molecule has 4 nitrogen and oxygen atoms in total. The van der Waals surface area contributed by atoms with E-state index in [2.05, 4.69) is 23.2 Å². The van der Waals surface area contributed by atoms with E-state index < -0.39 is 0 Å². The van der Waals surface area contributed by atoms with Crippen molar-refractivity contribution in [1.29, 1.82) is 0 Å². The van der Waals surface area contributed by atoms with Gasteiger partial charge in [0.2, 0.25) is 5.91 Å². The first-order valence-electron chi connectivity index (χ1n) is 8.74. The average Bonchev–Trinajstić information content (AvgIpc) is 2.85. The van der Waals surface area contributed by atoms with Crippen LogP contribution in [0.2, 0.25) is 0 Å². The predicted molar refractivity (Wildman–Crippen MR) is 108 cm³/mol. The maximum atomic E-state index is 12.4. The summed E-state index contributed by atoms with van der Waals surface area (Å²) in [5, 5.41) is 0. The number of aldehydes is 1. The van der Waals surface area contributed by atoms with Gasteiger partial charge in [0.15, 0.2) is 0 Å². The van der Waals surface area contributed by atoms with Gasteiger partial charge in [-0.3, -0.25) is 14.6 Å². The first kappa shape index (κ1) is 16.9. The predicted octanol–water partition coefficient (Wildman–Crippen LogP) is 3.98. The number of carbonyl (C=O) groups excluding carboxylic acids is 2. The summed E-state index contributed by atoms with van der Waals surface area (Å²) in [5.41, 5.74) is 5.98. The number of nitrogens with zero attached hydrogens (tertiary/aromatic N) is 2. The molecule has 132 valence electrons. The van der Waals surface area contributed by atoms with Gasteiger partial charge >= 0.3 is 0 Å². The maximum absolute atomic E-state index is 12.4. The van der Waals surface area contributed by atoms with E-state index >= 15 is 0 Å². The zero-order valence-electron chi connectivity index (χ0n) is 14.9. The van der Waals surface area contributed by atoms with Crippen molar-refractivity contribution in [1.82, 2.24) is 0 Å². The highest BCUT2D eigenvalue weighted by Crippen LogP contribution is 2.31. The summed E-state index contributed by atoms with van der Waals surface area (Å²) in [4.78, 5) is 29.8. The molecule has 27 heavy (non-hydrogen) atoms. The molecule has 0 saturated carbocycles. The Balaban J connectivity index is 1.92. The fraction of sp³-hybridized carbons (Fsp3) is 0.0870. The molecule has 4 rings (SSSR count). The maximum Gasteiger partial charge on any atom is 0.248 e. The minimum absolute atomic E-state index is 0.0646. The van der Waals surface area contributed by atoms with Crippen molar-refractivity contribution in [3.63, 3.8) is 0 Å². The Morgan fingerprint density at radius 2 is 1.67 bits per heavy atom. The fourth-order valence-corrected chi connectivity index (χ4v) is 3.31. The summed E-state index contributed by atoms with van der Waals surface area (Å²) in [5.74, 6) is -0.0646. The molecule has 1 heterocycles. The average molecular weight is 354 g/mol. The Morgan fingerprint density at radius 3 is 2.44 bits per heavy atom. The molecule has 0 saturated heterocycles. The number of benzodiazepines with no additional fused rings is 1. The second-order valence-electron chi connectivity index (χ2n) is 6.46. The van der Waals surface area contributed by atoms with E-state index in [0.717, 1.165) is 39.9 Å². The van der Waals surface area contributed by atoms with Crippen LogP contribution in [0.5, 0.6) is 0 Å². The molecule has 0 bridgehead atoms. The highest BCUT2D eigenvalue weighted by atomic mass is 16.2. The van der Waals surface area contributed by atoms with Crippen LogP contribution in [0.25, 0.3) is 11.1 Å². The van der Waals surface area contributed by atoms with Gasteiger partial charge in [-0.2, -0.15) is 0 Å². The van der Waals surface area contributed by atoms with Gasteiger partial charge in [-0.25, -0.2) is 0 Å². The van der Waals surface area contributed by atoms with Gasteiger partial charge in [-0.05, 0) is 29.3 Å². The molecule has 1 amide bonds. The van der Waals surface area contributed by atoms with E-state index in [1.807, 2.05) is 42.5 Å². The summed E-state index contributed by atoms with van der Waals surface area (Å²) < 4.78 is 0. The van der Waals surface area contributed by atoms with Crippen LogP contribution in [0.4, 0.5) is 5.69 Å². The standard InChI is InChI=1S/C23H18N2O2/c1-25-21-11-10-18(17-7-3-2-4-8-17)13-20(21)23(24-14-22(25)27)19-9-5-6-16(12-19)15-26/h2-13,15H,14H2,1H3. The van der Waals surface area contributed by atoms with Gasteiger partial charge in [0.1, 0.15) is 12.8 Å². The SMILES string of the molecule is CN1C(=O)CN=C(c2cccc(C=O)c2)c2cc(-c3ccccc3)ccc21. The smallest absolute Gasteiger partial charge is 0.248 e. The van der Waals surface area contributed by atoms with Gasteiger partial charge in [-0.1, -0.05) is 54.6 Å². The second-order valence-corrected chi connectivity index (χ2v) is 6.46. The van der Waals surface area contributed by atoms with E-state index in [9.17, 15) is 9.59 Å². The number of aliphatic imine (C=N–C) groups is 1. The van der Waals surface area contributed by atoms with Gasteiger partial charge in [-0.15, -0.1) is 0 Å². The molecule has 0 radical (unpaired) electrons. The molecule has 0 aromatic heterocycles. The zero-order chi connectivity index (χ0) is 18.8. The van der Waals surface area contributed by atoms with Crippen molar-refractivity contribution in [3.8, 4) is 11.1 Å². The minimum Gasteiger partial charge on any atom is -0.313 e. The van der Waals surface area contributed by atoms with Gasteiger partial charge < -0.3 is 4.90 Å². The van der Waals surface area contributed by atoms with Crippen LogP contribution in [0.3, 0.4) is 0 Å². The van der Waals surface area contributed by atoms with Crippen LogP contribution in [0.1, 0.15) is 21.5 Å². The van der Waals surface area contributed by atoms with E-state index in [1.165, 1.54) is 0 Å². The summed E-state index contributed by atoms with van der Waals surface area (Å²) in [7, 11) is 1.77. The lowest BCUT2D eigenvalue weighted by molar-refractivity contribution is -0.116. The third kappa shape index (κ3) is 3.17. The first-order chi connectivity index (χ1) is 13.2. The van der Waals surface area contributed by atoms with Crippen LogP contribution in [0, 0.1) is 0 Å². The van der Waals surface area contributed by atoms with Crippen LogP contribution in [-0.2, 0) is 4.79 Å². The topological polar surface area (TPSA) is 49.7 Å². The highest BCUT2D eigenvalue weighted by Gasteiger charge is 2.23. The number of hydrogen-bond donors (Lipinski definition) is 0. The third-order valence-electron chi connectivity index (χ3n) is 4.76. The van der Waals surface area contributed by atoms with Crippen LogP contribution in [-0.4, -0.2) is 31.5 Å². The number of carbonyl (C=O) groups is 2. The second kappa shape index (κ2) is 7.00. The molecule has 1 aliphatic heterocycles. The summed E-state index contributed by atoms with van der Waals surface area (Å²) in [6.45, 7) is 0.0759. The van der Waals surface area contributed by atoms with E-state index in [-0.39, 0.29) is 12.5 Å². The quantitative estimate of drug-likeness (QED) is 0.668. The van der Waals surface area contributed by atoms with Crippen molar-refractivity contribution in [2.75, 3.05) is 18.5 Å². The highest BCUT2D eigenvalue weighted by molar-refractivity contribution is 6.20. The molecule has 3 aromatic rings. The number of fused-ring (bicyclic) bond motifs is 1. The Morgan fingerprint density at radius 1 is 0.889 bits per heavy atom. The summed E-state index contributed by atoms with van der Waals surface area (Å²) >= 11 is 0. The Kier molecular flexibility index (Phi) is 4.38. The first-order valence-corrected chi connectivity index (χ1v) is 8.74. The van der Waals surface area contributed by atoms with Crippen molar-refractivity contribution in [3.05, 3.63) is 89.5 Å². The summed E-state index contributed by atoms with van der Waals surface area (Å²) in [6, 6.07) is 23.4. The Bertz CT molecular complexity index is 1050. The number of anilines is 1. The largest absolute Gasteiger partial charge is 0.313 e. The molecule has 0 fully saturated rings. The molecule has 4 heteroatoms. The number of rotatable bonds is 3. The van der Waals surface area contributed by atoms with E-state index in [4.69, 9.17) is 0 Å². The van der Waals surface area contributed by atoms with Gasteiger partial charge in [0.25, 0.3) is 0 Å². The van der Waals surface area contributed by atoms with E-state index in [0.29, 0.717) is 5.56 Å². The number of hydrogen-bond acceptors (Lipinski definition) is 3. The minimum atomic E-state index is -0.0646. The molecule has 0 spiro atoms. The summed E-state index contributed by atoms with van der Waals surface area (Å²) in [6.07, 6.45) is 0.819. The molecule has 1 aliphatic rings. The van der Waals surface area contributed by atoms with Crippen molar-refractivity contribution in [2.24, 2.45) is 4.99 Å². The number of likely N-dealkylation sites (N-methyl/N-ethyl adjacent to an activating group) is 1. The molecule has 3 aromatic carbocycles.